The molecule has 0 unspecified atom stereocenters. The normalized spacial score (nSPS) is 16.7. The lowest BCUT2D eigenvalue weighted by Gasteiger charge is -2.17. The molecule has 1 saturated carbocycles. The summed E-state index contributed by atoms with van der Waals surface area (Å²) in [7, 11) is 1.66. The maximum atomic E-state index is 12.5. The number of thiazole rings is 1. The Balaban J connectivity index is 2.03. The fourth-order valence-corrected chi connectivity index (χ4v) is 4.18. The smallest absolute Gasteiger partial charge is 0.251 e. The third kappa shape index (κ3) is 3.39. The van der Waals surface area contributed by atoms with Gasteiger partial charge < -0.3 is 9.30 Å². The van der Waals surface area contributed by atoms with E-state index in [0.717, 1.165) is 46.5 Å². The van der Waals surface area contributed by atoms with Crippen LogP contribution in [0, 0.1) is 5.92 Å². The zero-order valence-corrected chi connectivity index (χ0v) is 14.3. The van der Waals surface area contributed by atoms with E-state index in [0.29, 0.717) is 6.54 Å². The first-order valence-electron chi connectivity index (χ1n) is 8.10. The molecule has 3 rings (SSSR count). The van der Waals surface area contributed by atoms with Gasteiger partial charge >= 0.3 is 0 Å². The van der Waals surface area contributed by atoms with Crippen LogP contribution in [0.4, 0.5) is 0 Å². The third-order valence-electron chi connectivity index (χ3n) is 4.36. The van der Waals surface area contributed by atoms with Crippen molar-refractivity contribution in [3.8, 4) is 5.75 Å². The van der Waals surface area contributed by atoms with Gasteiger partial charge in [0.15, 0.2) is 4.80 Å². The predicted molar refractivity (Wildman–Crippen MR) is 93.7 cm³/mol. The average Bonchev–Trinajstić information content (AvgIpc) is 2.92. The van der Waals surface area contributed by atoms with E-state index in [2.05, 4.69) is 11.6 Å². The van der Waals surface area contributed by atoms with Crippen LogP contribution in [0.25, 0.3) is 10.2 Å². The Morgan fingerprint density at radius 1 is 1.43 bits per heavy atom. The molecule has 5 heteroatoms. The quantitative estimate of drug-likeness (QED) is 0.798. The Labute approximate surface area is 140 Å². The van der Waals surface area contributed by atoms with E-state index in [4.69, 9.17) is 4.74 Å². The second-order valence-corrected chi connectivity index (χ2v) is 6.91. The van der Waals surface area contributed by atoms with Crippen LogP contribution in [0.3, 0.4) is 0 Å². The molecule has 0 saturated heterocycles. The molecule has 0 aliphatic heterocycles. The first kappa shape index (κ1) is 16.0. The minimum Gasteiger partial charge on any atom is -0.497 e. The highest BCUT2D eigenvalue weighted by molar-refractivity contribution is 7.16. The number of methoxy groups -OCH3 is 1. The topological polar surface area (TPSA) is 43.6 Å². The molecule has 0 spiro atoms. The lowest BCUT2D eigenvalue weighted by atomic mass is 9.89. The van der Waals surface area contributed by atoms with Crippen molar-refractivity contribution in [3.05, 3.63) is 35.7 Å². The number of ether oxygens (including phenoxy) is 1. The number of carbonyl (C=O) groups excluding carboxylic acids is 1. The van der Waals surface area contributed by atoms with Crippen molar-refractivity contribution in [1.82, 2.24) is 4.57 Å². The molecule has 23 heavy (non-hydrogen) atoms. The van der Waals surface area contributed by atoms with Crippen molar-refractivity contribution in [2.45, 2.75) is 38.6 Å². The first-order valence-corrected chi connectivity index (χ1v) is 8.91. The zero-order valence-electron chi connectivity index (χ0n) is 13.5. The Morgan fingerprint density at radius 2 is 2.22 bits per heavy atom. The number of fused-ring (bicyclic) bond motifs is 1. The van der Waals surface area contributed by atoms with Crippen LogP contribution >= 0.6 is 11.3 Å². The van der Waals surface area contributed by atoms with E-state index in [9.17, 15) is 4.79 Å². The summed E-state index contributed by atoms with van der Waals surface area (Å²) >= 11 is 1.53. The van der Waals surface area contributed by atoms with E-state index < -0.39 is 0 Å². The van der Waals surface area contributed by atoms with Gasteiger partial charge in [-0.3, -0.25) is 4.79 Å². The van der Waals surface area contributed by atoms with Crippen LogP contribution in [0.15, 0.2) is 35.8 Å². The van der Waals surface area contributed by atoms with Crippen LogP contribution in [-0.4, -0.2) is 17.6 Å². The predicted octanol–water partition coefficient (Wildman–Crippen LogP) is 3.91. The second-order valence-electron chi connectivity index (χ2n) is 5.90. The van der Waals surface area contributed by atoms with Gasteiger partial charge in [-0.2, -0.15) is 4.99 Å². The summed E-state index contributed by atoms with van der Waals surface area (Å²) in [5, 5.41) is 0. The molecule has 1 aliphatic carbocycles. The van der Waals surface area contributed by atoms with Crippen LogP contribution < -0.4 is 9.54 Å². The monoisotopic (exact) mass is 330 g/mol. The van der Waals surface area contributed by atoms with Gasteiger partial charge in [0.05, 0.1) is 17.3 Å². The van der Waals surface area contributed by atoms with Gasteiger partial charge in [-0.05, 0) is 31.0 Å². The third-order valence-corrected chi connectivity index (χ3v) is 5.40. The van der Waals surface area contributed by atoms with Crippen molar-refractivity contribution in [2.75, 3.05) is 7.11 Å². The van der Waals surface area contributed by atoms with Crippen molar-refractivity contribution in [1.29, 1.82) is 0 Å². The molecule has 1 aliphatic rings. The number of rotatable bonds is 4. The summed E-state index contributed by atoms with van der Waals surface area (Å²) in [4.78, 5) is 17.7. The Hall–Kier alpha value is -1.88. The molecule has 1 aromatic heterocycles. The van der Waals surface area contributed by atoms with E-state index in [1.165, 1.54) is 17.8 Å². The molecule has 0 radical (unpaired) electrons. The molecule has 1 fully saturated rings. The summed E-state index contributed by atoms with van der Waals surface area (Å²) in [6.45, 7) is 4.46. The van der Waals surface area contributed by atoms with Gasteiger partial charge in [-0.1, -0.05) is 36.7 Å². The fourth-order valence-electron chi connectivity index (χ4n) is 3.11. The summed E-state index contributed by atoms with van der Waals surface area (Å²) in [5.74, 6) is 0.941. The number of allylic oxidation sites excluding steroid dienone is 1. The number of aromatic nitrogens is 1. The minimum absolute atomic E-state index is 0.0287. The maximum absolute atomic E-state index is 12.5. The Bertz CT molecular complexity index is 782. The van der Waals surface area contributed by atoms with Gasteiger partial charge in [-0.25, -0.2) is 0 Å². The van der Waals surface area contributed by atoms with Crippen molar-refractivity contribution >= 4 is 27.5 Å². The number of hydrogen-bond acceptors (Lipinski definition) is 3. The largest absolute Gasteiger partial charge is 0.497 e. The SMILES string of the molecule is C=CCn1c(=NC(=O)C2CCCCC2)sc2cc(OC)ccc21. The molecule has 122 valence electrons. The number of amides is 1. The van der Waals surface area contributed by atoms with Gasteiger partial charge in [0.1, 0.15) is 5.75 Å². The zero-order chi connectivity index (χ0) is 16.2. The summed E-state index contributed by atoms with van der Waals surface area (Å²) < 4.78 is 8.41. The highest BCUT2D eigenvalue weighted by Gasteiger charge is 2.21. The van der Waals surface area contributed by atoms with Crippen LogP contribution in [-0.2, 0) is 11.3 Å². The van der Waals surface area contributed by atoms with Crippen molar-refractivity contribution in [2.24, 2.45) is 10.9 Å². The van der Waals surface area contributed by atoms with E-state index in [1.54, 1.807) is 7.11 Å². The number of nitrogens with zero attached hydrogens (tertiary/aromatic N) is 2. The highest BCUT2D eigenvalue weighted by Crippen LogP contribution is 2.26. The summed E-state index contributed by atoms with van der Waals surface area (Å²) in [6, 6.07) is 5.93. The molecule has 1 aromatic carbocycles. The Morgan fingerprint density at radius 3 is 2.91 bits per heavy atom. The molecule has 0 N–H and O–H groups in total. The summed E-state index contributed by atoms with van der Waals surface area (Å²) in [5.41, 5.74) is 1.06. The molecular formula is C18H22N2O2S. The molecule has 0 atom stereocenters. The highest BCUT2D eigenvalue weighted by atomic mass is 32.1. The van der Waals surface area contributed by atoms with Gasteiger partial charge in [0, 0.05) is 12.5 Å². The lowest BCUT2D eigenvalue weighted by molar-refractivity contribution is -0.122. The van der Waals surface area contributed by atoms with E-state index in [1.807, 2.05) is 28.8 Å². The number of hydrogen-bond donors (Lipinski definition) is 0. The Kier molecular flexibility index (Phi) is 4.96. The molecule has 0 bridgehead atoms. The van der Waals surface area contributed by atoms with Gasteiger partial charge in [-0.15, -0.1) is 6.58 Å². The van der Waals surface area contributed by atoms with Gasteiger partial charge in [0.2, 0.25) is 0 Å². The summed E-state index contributed by atoms with van der Waals surface area (Å²) in [6.07, 6.45) is 7.30. The van der Waals surface area contributed by atoms with E-state index >= 15 is 0 Å². The minimum atomic E-state index is 0.0287. The molecule has 2 aromatic rings. The van der Waals surface area contributed by atoms with E-state index in [-0.39, 0.29) is 11.8 Å². The number of carbonyl (C=O) groups is 1. The van der Waals surface area contributed by atoms with Crippen LogP contribution in [0.2, 0.25) is 0 Å². The average molecular weight is 330 g/mol. The fraction of sp³-hybridized carbons (Fsp3) is 0.444. The standard InChI is InChI=1S/C18H22N2O2S/c1-3-11-20-15-10-9-14(22-2)12-16(15)23-18(20)19-17(21)13-7-5-4-6-8-13/h3,9-10,12-13H,1,4-8,11H2,2H3. The van der Waals surface area contributed by atoms with Crippen molar-refractivity contribution < 1.29 is 9.53 Å². The van der Waals surface area contributed by atoms with Gasteiger partial charge in [0.25, 0.3) is 5.91 Å². The molecule has 1 amide bonds. The van der Waals surface area contributed by atoms with Crippen LogP contribution in [0.1, 0.15) is 32.1 Å². The lowest BCUT2D eigenvalue weighted by Crippen LogP contribution is -2.21. The molecular weight excluding hydrogens is 308 g/mol. The second kappa shape index (κ2) is 7.13. The molecule has 1 heterocycles. The molecule has 4 nitrogen and oxygen atoms in total. The van der Waals surface area contributed by atoms with Crippen LogP contribution in [0.5, 0.6) is 5.75 Å². The van der Waals surface area contributed by atoms with Crippen molar-refractivity contribution in [3.63, 3.8) is 0 Å². The number of benzene rings is 1. The maximum Gasteiger partial charge on any atom is 0.251 e. The first-order chi connectivity index (χ1) is 11.2.